The molecule has 5 heteroatoms. The van der Waals surface area contributed by atoms with E-state index in [9.17, 15) is 14.0 Å². The van der Waals surface area contributed by atoms with Crippen molar-refractivity contribution in [1.82, 2.24) is 10.2 Å². The number of nitrogens with one attached hydrogen (secondary N) is 1. The zero-order valence-corrected chi connectivity index (χ0v) is 18.3. The van der Waals surface area contributed by atoms with Crippen molar-refractivity contribution in [3.63, 3.8) is 0 Å². The van der Waals surface area contributed by atoms with Gasteiger partial charge in [0.05, 0.1) is 5.92 Å². The summed E-state index contributed by atoms with van der Waals surface area (Å²) in [5.41, 5.74) is 4.76. The molecule has 32 heavy (non-hydrogen) atoms. The standard InChI is InChI=1S/C27H27FN2O2/c1-18-3-9-21(10-4-18)24-16-30(27(32)22-11-5-19(2)6-12-22)17-25(24)26(31)29-15-20-7-13-23(28)14-8-20/h3-14,24-25H,15-17H2,1-2H3,(H,29,31)/t24-,25+/m1/s1. The molecule has 0 bridgehead atoms. The molecule has 3 aromatic rings. The van der Waals surface area contributed by atoms with Gasteiger partial charge in [0.1, 0.15) is 5.82 Å². The third-order valence-corrected chi connectivity index (χ3v) is 6.13. The molecule has 0 saturated carbocycles. The van der Waals surface area contributed by atoms with Gasteiger partial charge in [0, 0.05) is 31.1 Å². The summed E-state index contributed by atoms with van der Waals surface area (Å²) in [6.07, 6.45) is 0. The fourth-order valence-corrected chi connectivity index (χ4v) is 4.19. The number of rotatable bonds is 5. The number of halogens is 1. The van der Waals surface area contributed by atoms with E-state index in [1.54, 1.807) is 17.0 Å². The van der Waals surface area contributed by atoms with Crippen molar-refractivity contribution in [2.75, 3.05) is 13.1 Å². The molecule has 1 heterocycles. The van der Waals surface area contributed by atoms with Crippen LogP contribution in [0.4, 0.5) is 4.39 Å². The van der Waals surface area contributed by atoms with Crippen LogP contribution < -0.4 is 5.32 Å². The minimum atomic E-state index is -0.354. The van der Waals surface area contributed by atoms with Crippen molar-refractivity contribution >= 4 is 11.8 Å². The molecule has 1 N–H and O–H groups in total. The van der Waals surface area contributed by atoms with Crippen LogP contribution in [-0.4, -0.2) is 29.8 Å². The van der Waals surface area contributed by atoms with Crippen LogP contribution in [0.3, 0.4) is 0 Å². The maximum absolute atomic E-state index is 13.2. The van der Waals surface area contributed by atoms with Crippen LogP contribution in [0, 0.1) is 25.6 Å². The van der Waals surface area contributed by atoms with E-state index < -0.39 is 0 Å². The van der Waals surface area contributed by atoms with Gasteiger partial charge in [-0.05, 0) is 49.2 Å². The summed E-state index contributed by atoms with van der Waals surface area (Å²) in [6.45, 7) is 5.19. The molecule has 0 aromatic heterocycles. The highest BCUT2D eigenvalue weighted by Crippen LogP contribution is 2.34. The van der Waals surface area contributed by atoms with Gasteiger partial charge < -0.3 is 10.2 Å². The molecule has 4 rings (SSSR count). The number of nitrogens with zero attached hydrogens (tertiary/aromatic N) is 1. The Labute approximate surface area is 188 Å². The third-order valence-electron chi connectivity index (χ3n) is 6.13. The number of hydrogen-bond donors (Lipinski definition) is 1. The normalized spacial score (nSPS) is 17.9. The van der Waals surface area contributed by atoms with Crippen LogP contribution in [0.1, 0.15) is 38.5 Å². The molecule has 1 aliphatic heterocycles. The Hall–Kier alpha value is -3.47. The molecule has 3 aromatic carbocycles. The fourth-order valence-electron chi connectivity index (χ4n) is 4.19. The zero-order valence-electron chi connectivity index (χ0n) is 18.3. The smallest absolute Gasteiger partial charge is 0.253 e. The van der Waals surface area contributed by atoms with Crippen molar-refractivity contribution in [1.29, 1.82) is 0 Å². The Morgan fingerprint density at radius 3 is 2.09 bits per heavy atom. The predicted octanol–water partition coefficient (Wildman–Crippen LogP) is 4.61. The second-order valence-electron chi connectivity index (χ2n) is 8.54. The van der Waals surface area contributed by atoms with Crippen molar-refractivity contribution in [3.05, 3.63) is 106 Å². The molecular formula is C27H27FN2O2. The van der Waals surface area contributed by atoms with Gasteiger partial charge in [-0.15, -0.1) is 0 Å². The van der Waals surface area contributed by atoms with Gasteiger partial charge in [-0.25, -0.2) is 4.39 Å². The molecule has 1 aliphatic rings. The molecule has 0 aliphatic carbocycles. The lowest BCUT2D eigenvalue weighted by atomic mass is 9.88. The highest BCUT2D eigenvalue weighted by molar-refractivity contribution is 5.95. The lowest BCUT2D eigenvalue weighted by Crippen LogP contribution is -2.35. The molecule has 164 valence electrons. The second kappa shape index (κ2) is 9.35. The number of benzene rings is 3. The zero-order chi connectivity index (χ0) is 22.7. The molecule has 4 nitrogen and oxygen atoms in total. The van der Waals surface area contributed by atoms with Crippen LogP contribution in [0.5, 0.6) is 0 Å². The van der Waals surface area contributed by atoms with Gasteiger partial charge in [0.15, 0.2) is 0 Å². The summed E-state index contributed by atoms with van der Waals surface area (Å²) in [7, 11) is 0. The fraction of sp³-hybridized carbons (Fsp3) is 0.259. The van der Waals surface area contributed by atoms with E-state index >= 15 is 0 Å². The van der Waals surface area contributed by atoms with Gasteiger partial charge in [-0.2, -0.15) is 0 Å². The van der Waals surface area contributed by atoms with Gasteiger partial charge in [-0.3, -0.25) is 9.59 Å². The largest absolute Gasteiger partial charge is 0.352 e. The predicted molar refractivity (Wildman–Crippen MR) is 123 cm³/mol. The molecule has 1 saturated heterocycles. The number of carbonyl (C=O) groups is 2. The number of aryl methyl sites for hydroxylation is 2. The molecule has 2 amide bonds. The lowest BCUT2D eigenvalue weighted by molar-refractivity contribution is -0.125. The summed E-state index contributed by atoms with van der Waals surface area (Å²) in [5.74, 6) is -0.901. The van der Waals surface area contributed by atoms with Crippen molar-refractivity contribution < 1.29 is 14.0 Å². The minimum absolute atomic E-state index is 0.0593. The Bertz CT molecular complexity index is 1090. The van der Waals surface area contributed by atoms with Crippen molar-refractivity contribution in [2.45, 2.75) is 26.3 Å². The van der Waals surface area contributed by atoms with Gasteiger partial charge in [-0.1, -0.05) is 59.7 Å². The average molecular weight is 431 g/mol. The summed E-state index contributed by atoms with van der Waals surface area (Å²) < 4.78 is 13.2. The number of amides is 2. The number of carbonyl (C=O) groups excluding carboxylic acids is 2. The molecule has 1 fully saturated rings. The average Bonchev–Trinajstić information content (AvgIpc) is 3.24. The van der Waals surface area contributed by atoms with Crippen LogP contribution in [0.25, 0.3) is 0 Å². The first-order chi connectivity index (χ1) is 15.4. The van der Waals surface area contributed by atoms with E-state index in [0.29, 0.717) is 25.2 Å². The first-order valence-electron chi connectivity index (χ1n) is 10.9. The SMILES string of the molecule is Cc1ccc(C(=O)N2C[C@H](C(=O)NCc3ccc(F)cc3)[C@@H](c3ccc(C)cc3)C2)cc1. The maximum Gasteiger partial charge on any atom is 0.253 e. The van der Waals surface area contributed by atoms with Gasteiger partial charge in [0.2, 0.25) is 5.91 Å². The van der Waals surface area contributed by atoms with E-state index in [-0.39, 0.29) is 29.5 Å². The van der Waals surface area contributed by atoms with Crippen LogP contribution in [0.2, 0.25) is 0 Å². The molecule has 0 radical (unpaired) electrons. The quantitative estimate of drug-likeness (QED) is 0.642. The second-order valence-corrected chi connectivity index (χ2v) is 8.54. The van der Waals surface area contributed by atoms with E-state index in [1.807, 2.05) is 62.4 Å². The highest BCUT2D eigenvalue weighted by atomic mass is 19.1. The minimum Gasteiger partial charge on any atom is -0.352 e. The van der Waals surface area contributed by atoms with Crippen LogP contribution in [-0.2, 0) is 11.3 Å². The molecule has 2 atom stereocenters. The van der Waals surface area contributed by atoms with Crippen LogP contribution in [0.15, 0.2) is 72.8 Å². The van der Waals surface area contributed by atoms with E-state index in [4.69, 9.17) is 0 Å². The summed E-state index contributed by atoms with van der Waals surface area (Å²) >= 11 is 0. The Morgan fingerprint density at radius 2 is 1.47 bits per heavy atom. The Morgan fingerprint density at radius 1 is 0.875 bits per heavy atom. The van der Waals surface area contributed by atoms with E-state index in [2.05, 4.69) is 5.32 Å². The molecule has 0 spiro atoms. The Balaban J connectivity index is 1.53. The molecular weight excluding hydrogens is 403 g/mol. The first kappa shape index (κ1) is 21.8. The van der Waals surface area contributed by atoms with Gasteiger partial charge >= 0.3 is 0 Å². The topological polar surface area (TPSA) is 49.4 Å². The maximum atomic E-state index is 13.2. The van der Waals surface area contributed by atoms with Crippen molar-refractivity contribution in [2.24, 2.45) is 5.92 Å². The first-order valence-corrected chi connectivity index (χ1v) is 10.9. The number of likely N-dealkylation sites (tertiary alicyclic amines) is 1. The molecule has 0 unspecified atom stereocenters. The highest BCUT2D eigenvalue weighted by Gasteiger charge is 2.40. The third kappa shape index (κ3) is 4.88. The number of hydrogen-bond acceptors (Lipinski definition) is 2. The summed E-state index contributed by atoms with van der Waals surface area (Å²) in [6, 6.07) is 21.8. The summed E-state index contributed by atoms with van der Waals surface area (Å²) in [5, 5.41) is 2.98. The van der Waals surface area contributed by atoms with Crippen LogP contribution >= 0.6 is 0 Å². The van der Waals surface area contributed by atoms with E-state index in [1.165, 1.54) is 12.1 Å². The monoisotopic (exact) mass is 430 g/mol. The van der Waals surface area contributed by atoms with E-state index in [0.717, 1.165) is 22.3 Å². The summed E-state index contributed by atoms with van der Waals surface area (Å²) in [4.78, 5) is 28.1. The lowest BCUT2D eigenvalue weighted by Gasteiger charge is -2.18. The van der Waals surface area contributed by atoms with Gasteiger partial charge in [0.25, 0.3) is 5.91 Å². The Kier molecular flexibility index (Phi) is 6.35. The van der Waals surface area contributed by atoms with Crippen molar-refractivity contribution in [3.8, 4) is 0 Å².